The summed E-state index contributed by atoms with van der Waals surface area (Å²) >= 11 is 0. The Balaban J connectivity index is 3.03. The first-order valence-corrected chi connectivity index (χ1v) is 8.46. The molecule has 108 valence electrons. The van der Waals surface area contributed by atoms with Crippen molar-refractivity contribution in [3.05, 3.63) is 11.6 Å². The van der Waals surface area contributed by atoms with Crippen molar-refractivity contribution in [1.29, 1.82) is 0 Å². The van der Waals surface area contributed by atoms with E-state index in [1.165, 1.54) is 83.5 Å². The predicted molar refractivity (Wildman–Crippen MR) is 85.1 cm³/mol. The zero-order valence-corrected chi connectivity index (χ0v) is 13.3. The topological polar surface area (TPSA) is 0 Å². The highest BCUT2D eigenvalue weighted by molar-refractivity contribution is 4.96. The number of hydrogen-bond acceptors (Lipinski definition) is 0. The lowest BCUT2D eigenvalue weighted by molar-refractivity contribution is 0.550. The number of unbranched alkanes of at least 4 members (excludes halogenated alkanes) is 11. The molecule has 0 amide bonds. The van der Waals surface area contributed by atoms with Crippen LogP contribution >= 0.6 is 0 Å². The maximum atomic E-state index is 2.42. The minimum atomic E-state index is 1.22. The van der Waals surface area contributed by atoms with E-state index in [4.69, 9.17) is 0 Å². The third-order valence-electron chi connectivity index (χ3n) is 3.86. The summed E-state index contributed by atoms with van der Waals surface area (Å²) in [5.74, 6) is 0. The third kappa shape index (κ3) is 13.8. The molecule has 0 fully saturated rings. The molecule has 0 aliphatic rings. The normalized spacial score (nSPS) is 12.1. The van der Waals surface area contributed by atoms with Gasteiger partial charge in [-0.25, -0.2) is 0 Å². The Hall–Kier alpha value is -0.260. The molecule has 0 unspecified atom stereocenters. The van der Waals surface area contributed by atoms with Gasteiger partial charge in [0.2, 0.25) is 0 Å². The van der Waals surface area contributed by atoms with Gasteiger partial charge in [-0.2, -0.15) is 0 Å². The molecule has 0 saturated heterocycles. The summed E-state index contributed by atoms with van der Waals surface area (Å²) in [5.41, 5.74) is 1.56. The second-order valence-electron chi connectivity index (χ2n) is 5.73. The van der Waals surface area contributed by atoms with Gasteiger partial charge in [0.25, 0.3) is 0 Å². The monoisotopic (exact) mass is 252 g/mol. The molecule has 0 aliphatic carbocycles. The lowest BCUT2D eigenvalue weighted by Crippen LogP contribution is -1.82. The molecule has 0 aliphatic heterocycles. The van der Waals surface area contributed by atoms with Gasteiger partial charge in [0, 0.05) is 0 Å². The summed E-state index contributed by atoms with van der Waals surface area (Å²) in [6.45, 7) is 6.78. The van der Waals surface area contributed by atoms with Crippen molar-refractivity contribution in [1.82, 2.24) is 0 Å². The summed E-state index contributed by atoms with van der Waals surface area (Å²) in [7, 11) is 0. The van der Waals surface area contributed by atoms with Gasteiger partial charge in [-0.3, -0.25) is 0 Å². The van der Waals surface area contributed by atoms with Crippen LogP contribution in [0.1, 0.15) is 104 Å². The number of hydrogen-bond donors (Lipinski definition) is 0. The van der Waals surface area contributed by atoms with Crippen LogP contribution in [0.15, 0.2) is 11.6 Å². The zero-order chi connectivity index (χ0) is 13.5. The van der Waals surface area contributed by atoms with Crippen LogP contribution in [0.2, 0.25) is 0 Å². The fourth-order valence-corrected chi connectivity index (χ4v) is 2.30. The molecule has 0 rings (SSSR count). The van der Waals surface area contributed by atoms with Crippen molar-refractivity contribution >= 4 is 0 Å². The average Bonchev–Trinajstić information content (AvgIpc) is 2.39. The second-order valence-corrected chi connectivity index (χ2v) is 5.73. The van der Waals surface area contributed by atoms with Gasteiger partial charge < -0.3 is 0 Å². The van der Waals surface area contributed by atoms with E-state index in [2.05, 4.69) is 26.8 Å². The summed E-state index contributed by atoms with van der Waals surface area (Å²) in [4.78, 5) is 0. The molecular formula is C18H36. The Morgan fingerprint density at radius 1 is 0.667 bits per heavy atom. The van der Waals surface area contributed by atoms with E-state index in [1.54, 1.807) is 5.57 Å². The molecule has 0 aromatic rings. The van der Waals surface area contributed by atoms with Gasteiger partial charge in [-0.1, -0.05) is 89.7 Å². The highest BCUT2D eigenvalue weighted by Crippen LogP contribution is 2.12. The first-order chi connectivity index (χ1) is 8.81. The van der Waals surface area contributed by atoms with Crippen molar-refractivity contribution < 1.29 is 0 Å². The van der Waals surface area contributed by atoms with Gasteiger partial charge in [0.15, 0.2) is 0 Å². The first-order valence-electron chi connectivity index (χ1n) is 8.46. The lowest BCUT2D eigenvalue weighted by Gasteiger charge is -2.02. The van der Waals surface area contributed by atoms with Crippen LogP contribution < -0.4 is 0 Å². The standard InChI is InChI=1S/C18H36/c1-4-6-7-8-9-10-11-12-13-14-15-16-17-18(3)5-2/h17H,4-16H2,1-3H3. The molecule has 0 spiro atoms. The number of allylic oxidation sites excluding steroid dienone is 2. The van der Waals surface area contributed by atoms with Crippen LogP contribution in [0.3, 0.4) is 0 Å². The quantitative estimate of drug-likeness (QED) is 0.243. The van der Waals surface area contributed by atoms with Crippen molar-refractivity contribution in [2.45, 2.75) is 104 Å². The van der Waals surface area contributed by atoms with Crippen molar-refractivity contribution in [2.24, 2.45) is 0 Å². The maximum Gasteiger partial charge on any atom is -0.0348 e. The van der Waals surface area contributed by atoms with Gasteiger partial charge >= 0.3 is 0 Å². The summed E-state index contributed by atoms with van der Waals surface area (Å²) < 4.78 is 0. The zero-order valence-electron chi connectivity index (χ0n) is 13.3. The van der Waals surface area contributed by atoms with Gasteiger partial charge in [0.1, 0.15) is 0 Å². The largest absolute Gasteiger partial charge is 0.0856 e. The van der Waals surface area contributed by atoms with E-state index in [0.29, 0.717) is 0 Å². The average molecular weight is 252 g/mol. The fraction of sp³-hybridized carbons (Fsp3) is 0.889. The van der Waals surface area contributed by atoms with E-state index in [0.717, 1.165) is 0 Å². The predicted octanol–water partition coefficient (Wildman–Crippen LogP) is 7.04. The van der Waals surface area contributed by atoms with Crippen LogP contribution in [0, 0.1) is 0 Å². The van der Waals surface area contributed by atoms with E-state index >= 15 is 0 Å². The molecule has 0 saturated carbocycles. The number of rotatable bonds is 13. The minimum Gasteiger partial charge on any atom is -0.0856 e. The van der Waals surface area contributed by atoms with Crippen LogP contribution in [0.4, 0.5) is 0 Å². The Kier molecular flexibility index (Phi) is 14.6. The van der Waals surface area contributed by atoms with Crippen LogP contribution in [-0.4, -0.2) is 0 Å². The van der Waals surface area contributed by atoms with Crippen molar-refractivity contribution in [3.8, 4) is 0 Å². The minimum absolute atomic E-state index is 1.22. The molecule has 0 aromatic carbocycles. The summed E-state index contributed by atoms with van der Waals surface area (Å²) in [6, 6.07) is 0. The van der Waals surface area contributed by atoms with Gasteiger partial charge in [-0.05, 0) is 26.2 Å². The van der Waals surface area contributed by atoms with Crippen LogP contribution in [0.5, 0.6) is 0 Å². The molecule has 18 heavy (non-hydrogen) atoms. The SMILES string of the molecule is CCCCCCCCCCCCCC=C(C)CC. The second kappa shape index (κ2) is 14.8. The maximum absolute atomic E-state index is 2.42. The first kappa shape index (κ1) is 17.7. The third-order valence-corrected chi connectivity index (χ3v) is 3.86. The van der Waals surface area contributed by atoms with Gasteiger partial charge in [-0.15, -0.1) is 0 Å². The molecule has 0 N–H and O–H groups in total. The molecule has 0 heterocycles. The highest BCUT2D eigenvalue weighted by atomic mass is 14.0. The van der Waals surface area contributed by atoms with E-state index < -0.39 is 0 Å². The Morgan fingerprint density at radius 3 is 1.56 bits per heavy atom. The van der Waals surface area contributed by atoms with E-state index in [-0.39, 0.29) is 0 Å². The van der Waals surface area contributed by atoms with Crippen molar-refractivity contribution in [2.75, 3.05) is 0 Å². The molecule has 0 aromatic heterocycles. The Bertz CT molecular complexity index is 178. The van der Waals surface area contributed by atoms with Crippen LogP contribution in [0.25, 0.3) is 0 Å². The molecule has 0 radical (unpaired) electrons. The molecule has 0 atom stereocenters. The summed E-state index contributed by atoms with van der Waals surface area (Å²) in [5, 5.41) is 0. The smallest absolute Gasteiger partial charge is 0.0348 e. The fourth-order valence-electron chi connectivity index (χ4n) is 2.30. The highest BCUT2D eigenvalue weighted by Gasteiger charge is 1.92. The molecule has 0 heteroatoms. The van der Waals surface area contributed by atoms with Crippen LogP contribution in [-0.2, 0) is 0 Å². The van der Waals surface area contributed by atoms with E-state index in [1.807, 2.05) is 0 Å². The molecule has 0 nitrogen and oxygen atoms in total. The Labute approximate surface area is 116 Å². The van der Waals surface area contributed by atoms with Crippen molar-refractivity contribution in [3.63, 3.8) is 0 Å². The molecule has 0 bridgehead atoms. The van der Waals surface area contributed by atoms with Gasteiger partial charge in [0.05, 0.1) is 0 Å². The van der Waals surface area contributed by atoms with E-state index in [9.17, 15) is 0 Å². The Morgan fingerprint density at radius 2 is 1.11 bits per heavy atom. The summed E-state index contributed by atoms with van der Waals surface area (Å²) in [6.07, 6.45) is 20.8. The molecular weight excluding hydrogens is 216 g/mol. The lowest BCUT2D eigenvalue weighted by atomic mass is 10.0.